The van der Waals surface area contributed by atoms with Crippen molar-refractivity contribution < 1.29 is 14.6 Å². The maximum atomic E-state index is 12.1. The van der Waals surface area contributed by atoms with Crippen LogP contribution in [0, 0.1) is 6.92 Å². The predicted octanol–water partition coefficient (Wildman–Crippen LogP) is 2.36. The average Bonchev–Trinajstić information content (AvgIpc) is 2.46. The van der Waals surface area contributed by atoms with Crippen LogP contribution in [0.15, 0.2) is 18.2 Å². The molecule has 0 radical (unpaired) electrons. The number of carbonyl (C=O) groups is 1. The Morgan fingerprint density at radius 2 is 2.05 bits per heavy atom. The highest BCUT2D eigenvalue weighted by Crippen LogP contribution is 2.27. The molecule has 1 amide bonds. The maximum Gasteiger partial charge on any atom is 0.224 e. The lowest BCUT2D eigenvalue weighted by Crippen LogP contribution is -2.44. The van der Waals surface area contributed by atoms with E-state index in [0.717, 1.165) is 42.6 Å². The number of hydrogen-bond donors (Lipinski definition) is 2. The highest BCUT2D eigenvalue weighted by Gasteiger charge is 2.29. The van der Waals surface area contributed by atoms with Gasteiger partial charge in [-0.15, -0.1) is 0 Å². The van der Waals surface area contributed by atoms with Crippen molar-refractivity contribution >= 4 is 5.91 Å². The van der Waals surface area contributed by atoms with Gasteiger partial charge in [-0.25, -0.2) is 0 Å². The second-order valence-electron chi connectivity index (χ2n) is 6.05. The fourth-order valence-electron chi connectivity index (χ4n) is 2.93. The average molecular weight is 291 g/mol. The van der Waals surface area contributed by atoms with Crippen molar-refractivity contribution in [3.8, 4) is 5.75 Å². The normalized spacial score (nSPS) is 17.3. The number of ether oxygens (including phenoxy) is 1. The number of methoxy groups -OCH3 is 1. The van der Waals surface area contributed by atoms with Gasteiger partial charge in [0.25, 0.3) is 0 Å². The van der Waals surface area contributed by atoms with E-state index in [4.69, 9.17) is 4.74 Å². The van der Waals surface area contributed by atoms with Gasteiger partial charge in [-0.3, -0.25) is 4.79 Å². The van der Waals surface area contributed by atoms with Crippen LogP contribution in [0.4, 0.5) is 0 Å². The highest BCUT2D eigenvalue weighted by molar-refractivity contribution is 5.79. The van der Waals surface area contributed by atoms with Gasteiger partial charge in [0.05, 0.1) is 19.1 Å². The van der Waals surface area contributed by atoms with Gasteiger partial charge in [0.2, 0.25) is 5.91 Å². The number of rotatable bonds is 5. The lowest BCUT2D eigenvalue weighted by atomic mass is 9.85. The molecule has 2 N–H and O–H groups in total. The molecule has 1 aliphatic rings. The van der Waals surface area contributed by atoms with Crippen molar-refractivity contribution in [2.75, 3.05) is 13.7 Å². The van der Waals surface area contributed by atoms with Gasteiger partial charge in [0.1, 0.15) is 5.75 Å². The zero-order valence-electron chi connectivity index (χ0n) is 12.9. The molecule has 4 heteroatoms. The Morgan fingerprint density at radius 3 is 2.71 bits per heavy atom. The molecule has 1 fully saturated rings. The van der Waals surface area contributed by atoms with Crippen LogP contribution in [0.2, 0.25) is 0 Å². The van der Waals surface area contributed by atoms with Gasteiger partial charge in [-0.05, 0) is 25.8 Å². The first-order chi connectivity index (χ1) is 10.0. The Labute approximate surface area is 126 Å². The van der Waals surface area contributed by atoms with Gasteiger partial charge in [0, 0.05) is 12.1 Å². The third-order valence-corrected chi connectivity index (χ3v) is 4.19. The van der Waals surface area contributed by atoms with Crippen molar-refractivity contribution in [2.24, 2.45) is 0 Å². The van der Waals surface area contributed by atoms with Crippen LogP contribution in [-0.4, -0.2) is 30.3 Å². The molecule has 2 rings (SSSR count). The molecule has 0 spiro atoms. The number of amides is 1. The summed E-state index contributed by atoms with van der Waals surface area (Å²) >= 11 is 0. The van der Waals surface area contributed by atoms with E-state index in [0.29, 0.717) is 6.54 Å². The molecule has 116 valence electrons. The molecule has 0 aliphatic heterocycles. The largest absolute Gasteiger partial charge is 0.496 e. The number of carbonyl (C=O) groups excluding carboxylic acids is 1. The fraction of sp³-hybridized carbons (Fsp3) is 0.588. The summed E-state index contributed by atoms with van der Waals surface area (Å²) in [6.45, 7) is 2.34. The molecule has 0 saturated heterocycles. The lowest BCUT2D eigenvalue weighted by molar-refractivity contribution is -0.122. The SMILES string of the molecule is COc1ccc(C)cc1CC(=O)NCC1(O)CCCCC1. The first-order valence-corrected chi connectivity index (χ1v) is 7.65. The van der Waals surface area contributed by atoms with Crippen molar-refractivity contribution in [1.29, 1.82) is 0 Å². The fourth-order valence-corrected chi connectivity index (χ4v) is 2.93. The van der Waals surface area contributed by atoms with E-state index in [9.17, 15) is 9.90 Å². The first kappa shape index (κ1) is 15.8. The van der Waals surface area contributed by atoms with E-state index in [-0.39, 0.29) is 12.3 Å². The maximum absolute atomic E-state index is 12.1. The van der Waals surface area contributed by atoms with Gasteiger partial charge in [0.15, 0.2) is 0 Å². The van der Waals surface area contributed by atoms with E-state index < -0.39 is 5.60 Å². The third-order valence-electron chi connectivity index (χ3n) is 4.19. The molecule has 0 unspecified atom stereocenters. The van der Waals surface area contributed by atoms with Crippen molar-refractivity contribution in [3.05, 3.63) is 29.3 Å². The summed E-state index contributed by atoms with van der Waals surface area (Å²) in [5.74, 6) is 0.657. The zero-order valence-corrected chi connectivity index (χ0v) is 12.9. The molecule has 4 nitrogen and oxygen atoms in total. The van der Waals surface area contributed by atoms with E-state index in [1.807, 2.05) is 25.1 Å². The minimum Gasteiger partial charge on any atom is -0.496 e. The molecule has 0 bridgehead atoms. The first-order valence-electron chi connectivity index (χ1n) is 7.65. The summed E-state index contributed by atoms with van der Waals surface area (Å²) in [6.07, 6.45) is 5.09. The van der Waals surface area contributed by atoms with Crippen LogP contribution in [-0.2, 0) is 11.2 Å². The molecular weight excluding hydrogens is 266 g/mol. The summed E-state index contributed by atoms with van der Waals surface area (Å²) < 4.78 is 5.29. The van der Waals surface area contributed by atoms with E-state index in [2.05, 4.69) is 5.32 Å². The van der Waals surface area contributed by atoms with Crippen molar-refractivity contribution in [1.82, 2.24) is 5.32 Å². The second kappa shape index (κ2) is 6.94. The summed E-state index contributed by atoms with van der Waals surface area (Å²) in [5.41, 5.74) is 1.26. The summed E-state index contributed by atoms with van der Waals surface area (Å²) in [4.78, 5) is 12.1. The van der Waals surface area contributed by atoms with Gasteiger partial charge in [-0.1, -0.05) is 37.0 Å². The van der Waals surface area contributed by atoms with E-state index in [1.54, 1.807) is 7.11 Å². The molecule has 1 aromatic rings. The molecule has 1 saturated carbocycles. The Bertz CT molecular complexity index is 493. The van der Waals surface area contributed by atoms with Crippen LogP contribution >= 0.6 is 0 Å². The van der Waals surface area contributed by atoms with Crippen molar-refractivity contribution in [3.63, 3.8) is 0 Å². The van der Waals surface area contributed by atoms with Gasteiger partial charge >= 0.3 is 0 Å². The summed E-state index contributed by atoms with van der Waals surface area (Å²) in [6, 6.07) is 5.81. The predicted molar refractivity (Wildman–Crippen MR) is 82.5 cm³/mol. The minimum absolute atomic E-state index is 0.0714. The smallest absolute Gasteiger partial charge is 0.224 e. The monoisotopic (exact) mass is 291 g/mol. The second-order valence-corrected chi connectivity index (χ2v) is 6.05. The molecule has 1 aromatic carbocycles. The summed E-state index contributed by atoms with van der Waals surface area (Å²) in [7, 11) is 1.61. The number of nitrogens with one attached hydrogen (secondary N) is 1. The Kier molecular flexibility index (Phi) is 5.23. The van der Waals surface area contributed by atoms with Crippen LogP contribution in [0.1, 0.15) is 43.2 Å². The summed E-state index contributed by atoms with van der Waals surface area (Å²) in [5, 5.41) is 13.3. The van der Waals surface area contributed by atoms with Crippen LogP contribution in [0.25, 0.3) is 0 Å². The number of benzene rings is 1. The van der Waals surface area contributed by atoms with E-state index >= 15 is 0 Å². The van der Waals surface area contributed by atoms with Crippen LogP contribution in [0.5, 0.6) is 5.75 Å². The highest BCUT2D eigenvalue weighted by atomic mass is 16.5. The topological polar surface area (TPSA) is 58.6 Å². The molecule has 21 heavy (non-hydrogen) atoms. The zero-order chi connectivity index (χ0) is 15.3. The molecular formula is C17H25NO3. The molecule has 0 heterocycles. The van der Waals surface area contributed by atoms with Crippen LogP contribution in [0.3, 0.4) is 0 Å². The number of hydrogen-bond acceptors (Lipinski definition) is 3. The molecule has 0 atom stereocenters. The van der Waals surface area contributed by atoms with Gasteiger partial charge in [-0.2, -0.15) is 0 Å². The minimum atomic E-state index is -0.718. The number of aryl methyl sites for hydroxylation is 1. The standard InChI is InChI=1S/C17H25NO3/c1-13-6-7-15(21-2)14(10-13)11-16(19)18-12-17(20)8-4-3-5-9-17/h6-7,10,20H,3-5,8-9,11-12H2,1-2H3,(H,18,19). The Balaban J connectivity index is 1.91. The van der Waals surface area contributed by atoms with Crippen LogP contribution < -0.4 is 10.1 Å². The lowest BCUT2D eigenvalue weighted by Gasteiger charge is -2.32. The quantitative estimate of drug-likeness (QED) is 0.875. The Morgan fingerprint density at radius 1 is 1.33 bits per heavy atom. The molecule has 0 aromatic heterocycles. The van der Waals surface area contributed by atoms with E-state index in [1.165, 1.54) is 6.42 Å². The van der Waals surface area contributed by atoms with Crippen molar-refractivity contribution in [2.45, 2.75) is 51.0 Å². The molecule has 1 aliphatic carbocycles. The third kappa shape index (κ3) is 4.46. The number of aliphatic hydroxyl groups is 1. The Hall–Kier alpha value is -1.55. The van der Waals surface area contributed by atoms with Gasteiger partial charge < -0.3 is 15.2 Å².